The van der Waals surface area contributed by atoms with Crippen LogP contribution >= 0.6 is 0 Å². The topological polar surface area (TPSA) is 15.3 Å². The van der Waals surface area contributed by atoms with Gasteiger partial charge in [-0.3, -0.25) is 0 Å². The fourth-order valence-corrected chi connectivity index (χ4v) is 4.16. The summed E-state index contributed by atoms with van der Waals surface area (Å²) in [7, 11) is 2.37. The van der Waals surface area contributed by atoms with Gasteiger partial charge in [-0.1, -0.05) is 39.0 Å². The van der Waals surface area contributed by atoms with Gasteiger partial charge in [0.05, 0.1) is 0 Å². The molecule has 2 heteroatoms. The summed E-state index contributed by atoms with van der Waals surface area (Å²) in [5.74, 6) is 0.938. The van der Waals surface area contributed by atoms with Crippen molar-refractivity contribution in [2.45, 2.75) is 83.2 Å². The minimum Gasteiger partial charge on any atom is -0.314 e. The summed E-state index contributed by atoms with van der Waals surface area (Å²) in [6.45, 7) is 4.70. The Bertz CT molecular complexity index is 233. The second-order valence-electron chi connectivity index (χ2n) is 6.77. The zero-order valence-electron chi connectivity index (χ0n) is 13.2. The third-order valence-corrected chi connectivity index (χ3v) is 5.43. The Balaban J connectivity index is 1.71. The molecule has 0 radical (unpaired) electrons. The molecule has 0 aromatic rings. The molecule has 0 aromatic carbocycles. The van der Waals surface area contributed by atoms with Gasteiger partial charge in [-0.25, -0.2) is 0 Å². The van der Waals surface area contributed by atoms with E-state index in [2.05, 4.69) is 24.2 Å². The quantitative estimate of drug-likeness (QED) is 0.736. The maximum atomic E-state index is 3.69. The highest BCUT2D eigenvalue weighted by Crippen LogP contribution is 2.29. The third kappa shape index (κ3) is 4.75. The standard InChI is InChI=1S/C17H34N2/c1-3-18-17-12-8-9-15(17)13-14-19(2)16-10-6-4-5-7-11-16/h15-18H,3-14H2,1-2H3. The van der Waals surface area contributed by atoms with Gasteiger partial charge in [-0.15, -0.1) is 0 Å². The van der Waals surface area contributed by atoms with Crippen molar-refractivity contribution >= 4 is 0 Å². The van der Waals surface area contributed by atoms with Crippen molar-refractivity contribution in [2.24, 2.45) is 5.92 Å². The van der Waals surface area contributed by atoms with E-state index in [1.54, 1.807) is 0 Å². The van der Waals surface area contributed by atoms with Crippen LogP contribution in [0.3, 0.4) is 0 Å². The monoisotopic (exact) mass is 266 g/mol. The van der Waals surface area contributed by atoms with Crippen molar-refractivity contribution < 1.29 is 0 Å². The second-order valence-corrected chi connectivity index (χ2v) is 6.77. The number of nitrogens with zero attached hydrogens (tertiary/aromatic N) is 1. The van der Waals surface area contributed by atoms with Crippen LogP contribution < -0.4 is 5.32 Å². The zero-order valence-corrected chi connectivity index (χ0v) is 13.2. The van der Waals surface area contributed by atoms with Crippen molar-refractivity contribution in [2.75, 3.05) is 20.1 Å². The van der Waals surface area contributed by atoms with Crippen molar-refractivity contribution in [1.82, 2.24) is 10.2 Å². The van der Waals surface area contributed by atoms with Crippen molar-refractivity contribution in [3.63, 3.8) is 0 Å². The van der Waals surface area contributed by atoms with Gasteiger partial charge in [0.2, 0.25) is 0 Å². The maximum absolute atomic E-state index is 3.69. The molecule has 2 fully saturated rings. The highest BCUT2D eigenvalue weighted by atomic mass is 15.1. The van der Waals surface area contributed by atoms with E-state index >= 15 is 0 Å². The molecule has 2 nitrogen and oxygen atoms in total. The fourth-order valence-electron chi connectivity index (χ4n) is 4.16. The van der Waals surface area contributed by atoms with E-state index in [0.717, 1.165) is 24.5 Å². The molecule has 0 amide bonds. The van der Waals surface area contributed by atoms with E-state index < -0.39 is 0 Å². The van der Waals surface area contributed by atoms with Gasteiger partial charge in [0, 0.05) is 12.1 Å². The lowest BCUT2D eigenvalue weighted by Gasteiger charge is -2.29. The Hall–Kier alpha value is -0.0800. The van der Waals surface area contributed by atoms with Crippen LogP contribution in [0.15, 0.2) is 0 Å². The first-order valence-electron chi connectivity index (χ1n) is 8.75. The molecule has 2 saturated carbocycles. The van der Waals surface area contributed by atoms with Gasteiger partial charge in [0.25, 0.3) is 0 Å². The van der Waals surface area contributed by atoms with Gasteiger partial charge < -0.3 is 10.2 Å². The SMILES string of the molecule is CCNC1CCCC1CCN(C)C1CCCCCC1. The fraction of sp³-hybridized carbons (Fsp3) is 1.00. The number of hydrogen-bond donors (Lipinski definition) is 1. The minimum atomic E-state index is 0.813. The molecule has 2 rings (SSSR count). The lowest BCUT2D eigenvalue weighted by molar-refractivity contribution is 0.200. The molecule has 2 aliphatic carbocycles. The Kier molecular flexibility index (Phi) is 6.66. The highest BCUT2D eigenvalue weighted by molar-refractivity contribution is 4.84. The summed E-state index contributed by atoms with van der Waals surface area (Å²) >= 11 is 0. The van der Waals surface area contributed by atoms with E-state index in [1.807, 2.05) is 0 Å². The van der Waals surface area contributed by atoms with Crippen LogP contribution in [0.4, 0.5) is 0 Å². The maximum Gasteiger partial charge on any atom is 0.00956 e. The van der Waals surface area contributed by atoms with Gasteiger partial charge in [-0.05, 0) is 58.2 Å². The largest absolute Gasteiger partial charge is 0.314 e. The van der Waals surface area contributed by atoms with Gasteiger partial charge >= 0.3 is 0 Å². The smallest absolute Gasteiger partial charge is 0.00956 e. The predicted octanol–water partition coefficient (Wildman–Crippen LogP) is 3.81. The number of hydrogen-bond acceptors (Lipinski definition) is 2. The van der Waals surface area contributed by atoms with Crippen molar-refractivity contribution in [1.29, 1.82) is 0 Å². The highest BCUT2D eigenvalue weighted by Gasteiger charge is 2.27. The van der Waals surface area contributed by atoms with Crippen LogP contribution in [0.25, 0.3) is 0 Å². The van der Waals surface area contributed by atoms with E-state index in [9.17, 15) is 0 Å². The van der Waals surface area contributed by atoms with Crippen LogP contribution in [-0.4, -0.2) is 37.1 Å². The molecule has 0 aromatic heterocycles. The Morgan fingerprint density at radius 3 is 2.37 bits per heavy atom. The first-order valence-corrected chi connectivity index (χ1v) is 8.75. The average Bonchev–Trinajstić information content (AvgIpc) is 2.68. The van der Waals surface area contributed by atoms with Crippen LogP contribution in [0.2, 0.25) is 0 Å². The molecule has 0 saturated heterocycles. The van der Waals surface area contributed by atoms with Gasteiger partial charge in [0.15, 0.2) is 0 Å². The first kappa shape index (κ1) is 15.3. The van der Waals surface area contributed by atoms with Gasteiger partial charge in [-0.2, -0.15) is 0 Å². The molecule has 112 valence electrons. The molecule has 0 aliphatic heterocycles. The molecular weight excluding hydrogens is 232 g/mol. The Labute approximate surface area is 120 Å². The zero-order chi connectivity index (χ0) is 13.5. The van der Waals surface area contributed by atoms with E-state index in [4.69, 9.17) is 0 Å². The van der Waals surface area contributed by atoms with E-state index in [0.29, 0.717) is 0 Å². The first-order chi connectivity index (χ1) is 9.31. The minimum absolute atomic E-state index is 0.813. The van der Waals surface area contributed by atoms with Crippen LogP contribution in [0, 0.1) is 5.92 Å². The summed E-state index contributed by atoms with van der Waals surface area (Å²) in [4.78, 5) is 2.67. The lowest BCUT2D eigenvalue weighted by atomic mass is 9.98. The van der Waals surface area contributed by atoms with Gasteiger partial charge in [0.1, 0.15) is 0 Å². The number of rotatable bonds is 6. The normalized spacial score (nSPS) is 29.8. The summed E-state index contributed by atoms with van der Waals surface area (Å²) < 4.78 is 0. The average molecular weight is 266 g/mol. The van der Waals surface area contributed by atoms with Crippen LogP contribution in [0.5, 0.6) is 0 Å². The predicted molar refractivity (Wildman–Crippen MR) is 83.5 cm³/mol. The second kappa shape index (κ2) is 8.26. The van der Waals surface area contributed by atoms with Crippen molar-refractivity contribution in [3.05, 3.63) is 0 Å². The molecule has 0 heterocycles. The summed E-state index contributed by atoms with van der Waals surface area (Å²) in [5.41, 5.74) is 0. The van der Waals surface area contributed by atoms with Crippen LogP contribution in [0.1, 0.15) is 71.1 Å². The van der Waals surface area contributed by atoms with E-state index in [-0.39, 0.29) is 0 Å². The molecule has 2 unspecified atom stereocenters. The molecular formula is C17H34N2. The Morgan fingerprint density at radius 2 is 1.68 bits per heavy atom. The van der Waals surface area contributed by atoms with E-state index in [1.165, 1.54) is 70.8 Å². The molecule has 0 spiro atoms. The summed E-state index contributed by atoms with van der Waals surface area (Å²) in [6.07, 6.45) is 14.4. The molecule has 0 bridgehead atoms. The molecule has 19 heavy (non-hydrogen) atoms. The van der Waals surface area contributed by atoms with Crippen molar-refractivity contribution in [3.8, 4) is 0 Å². The molecule has 2 atom stereocenters. The molecule has 1 N–H and O–H groups in total. The Morgan fingerprint density at radius 1 is 0.947 bits per heavy atom. The third-order valence-electron chi connectivity index (χ3n) is 5.43. The number of nitrogens with one attached hydrogen (secondary N) is 1. The van der Waals surface area contributed by atoms with Crippen LogP contribution in [-0.2, 0) is 0 Å². The summed E-state index contributed by atoms with van der Waals surface area (Å²) in [5, 5.41) is 3.69. The summed E-state index contributed by atoms with van der Waals surface area (Å²) in [6, 6.07) is 1.69. The molecule has 2 aliphatic rings. The lowest BCUT2D eigenvalue weighted by Crippen LogP contribution is -2.36.